The topological polar surface area (TPSA) is 21.3 Å². The molecule has 0 amide bonds. The maximum Gasteiger partial charge on any atom is 0.0494 e. The number of nitrogens with one attached hydrogen (secondary N) is 1. The molecule has 0 aromatic heterocycles. The van der Waals surface area contributed by atoms with Gasteiger partial charge in [-0.3, -0.25) is 0 Å². The molecule has 2 rings (SSSR count). The van der Waals surface area contributed by atoms with Crippen LogP contribution in [0.15, 0.2) is 18.2 Å². The van der Waals surface area contributed by atoms with Crippen molar-refractivity contribution in [3.8, 4) is 0 Å². The zero-order valence-corrected chi connectivity index (χ0v) is 12.5. The van der Waals surface area contributed by atoms with Gasteiger partial charge in [-0.1, -0.05) is 18.2 Å². The van der Waals surface area contributed by atoms with Crippen LogP contribution >= 0.6 is 0 Å². The van der Waals surface area contributed by atoms with Crippen molar-refractivity contribution in [3.63, 3.8) is 0 Å². The molecule has 1 atom stereocenters. The predicted molar refractivity (Wildman–Crippen MR) is 80.5 cm³/mol. The van der Waals surface area contributed by atoms with E-state index < -0.39 is 0 Å². The van der Waals surface area contributed by atoms with E-state index in [-0.39, 0.29) is 0 Å². The number of rotatable bonds is 8. The zero-order chi connectivity index (χ0) is 13.7. The number of aryl methyl sites for hydroxylation is 2. The standard InChI is InChI=1S/C17H27NO/c1-13-5-8-17(11-14(13)2)15(3)18-9-4-10-19-12-16-6-7-16/h5,8,11,15-16,18H,4,6-7,9-10,12H2,1-3H3. The molecule has 106 valence electrons. The average Bonchev–Trinajstić information content (AvgIpc) is 3.20. The van der Waals surface area contributed by atoms with E-state index in [1.165, 1.54) is 29.5 Å². The van der Waals surface area contributed by atoms with Gasteiger partial charge in [0, 0.05) is 19.3 Å². The molecule has 1 aromatic carbocycles. The van der Waals surface area contributed by atoms with E-state index in [0.717, 1.165) is 32.1 Å². The Bertz CT molecular complexity index is 398. The minimum Gasteiger partial charge on any atom is -0.381 e. The Morgan fingerprint density at radius 1 is 1.26 bits per heavy atom. The lowest BCUT2D eigenvalue weighted by molar-refractivity contribution is 0.121. The Morgan fingerprint density at radius 2 is 2.05 bits per heavy atom. The fourth-order valence-electron chi connectivity index (χ4n) is 2.18. The van der Waals surface area contributed by atoms with Crippen LogP contribution in [0.5, 0.6) is 0 Å². The third kappa shape index (κ3) is 4.96. The van der Waals surface area contributed by atoms with Crippen LogP contribution < -0.4 is 5.32 Å². The summed E-state index contributed by atoms with van der Waals surface area (Å²) in [5.41, 5.74) is 4.12. The lowest BCUT2D eigenvalue weighted by Crippen LogP contribution is -2.21. The van der Waals surface area contributed by atoms with E-state index in [1.54, 1.807) is 0 Å². The first kappa shape index (κ1) is 14.5. The highest BCUT2D eigenvalue weighted by atomic mass is 16.5. The molecule has 0 radical (unpaired) electrons. The average molecular weight is 261 g/mol. The van der Waals surface area contributed by atoms with Crippen molar-refractivity contribution in [2.24, 2.45) is 5.92 Å². The van der Waals surface area contributed by atoms with Crippen LogP contribution in [-0.4, -0.2) is 19.8 Å². The van der Waals surface area contributed by atoms with Gasteiger partial charge in [-0.2, -0.15) is 0 Å². The van der Waals surface area contributed by atoms with Gasteiger partial charge in [-0.05, 0) is 69.2 Å². The summed E-state index contributed by atoms with van der Waals surface area (Å²) in [6.45, 7) is 9.47. The quantitative estimate of drug-likeness (QED) is 0.719. The van der Waals surface area contributed by atoms with Crippen LogP contribution in [0.25, 0.3) is 0 Å². The van der Waals surface area contributed by atoms with Crippen molar-refractivity contribution in [3.05, 3.63) is 34.9 Å². The monoisotopic (exact) mass is 261 g/mol. The Labute approximate surface area is 117 Å². The van der Waals surface area contributed by atoms with E-state index in [2.05, 4.69) is 44.3 Å². The maximum atomic E-state index is 5.64. The predicted octanol–water partition coefficient (Wildman–Crippen LogP) is 3.77. The fourth-order valence-corrected chi connectivity index (χ4v) is 2.18. The van der Waals surface area contributed by atoms with Crippen molar-refractivity contribution in [1.82, 2.24) is 5.32 Å². The van der Waals surface area contributed by atoms with Crippen molar-refractivity contribution in [2.75, 3.05) is 19.8 Å². The Hall–Kier alpha value is -0.860. The molecule has 0 bridgehead atoms. The fraction of sp³-hybridized carbons (Fsp3) is 0.647. The molecular weight excluding hydrogens is 234 g/mol. The summed E-state index contributed by atoms with van der Waals surface area (Å²) in [6.07, 6.45) is 3.85. The SMILES string of the molecule is Cc1ccc(C(C)NCCCOCC2CC2)cc1C. The summed E-state index contributed by atoms with van der Waals surface area (Å²) in [5, 5.41) is 3.57. The maximum absolute atomic E-state index is 5.64. The molecular formula is C17H27NO. The number of benzene rings is 1. The first-order valence-corrected chi connectivity index (χ1v) is 7.55. The number of hydrogen-bond acceptors (Lipinski definition) is 2. The molecule has 2 nitrogen and oxygen atoms in total. The molecule has 0 aliphatic heterocycles. The molecule has 1 aliphatic rings. The lowest BCUT2D eigenvalue weighted by atomic mass is 10.0. The van der Waals surface area contributed by atoms with E-state index in [1.807, 2.05) is 0 Å². The highest BCUT2D eigenvalue weighted by molar-refractivity contribution is 5.31. The van der Waals surface area contributed by atoms with Crippen molar-refractivity contribution in [2.45, 2.75) is 46.1 Å². The van der Waals surface area contributed by atoms with Crippen molar-refractivity contribution >= 4 is 0 Å². The lowest BCUT2D eigenvalue weighted by Gasteiger charge is -2.15. The van der Waals surface area contributed by atoms with Gasteiger partial charge in [-0.15, -0.1) is 0 Å². The van der Waals surface area contributed by atoms with Crippen LogP contribution in [0.4, 0.5) is 0 Å². The van der Waals surface area contributed by atoms with Crippen LogP contribution in [0, 0.1) is 19.8 Å². The summed E-state index contributed by atoms with van der Waals surface area (Å²) < 4.78 is 5.64. The second-order valence-electron chi connectivity index (χ2n) is 5.89. The van der Waals surface area contributed by atoms with Crippen LogP contribution in [0.2, 0.25) is 0 Å². The summed E-state index contributed by atoms with van der Waals surface area (Å²) in [6, 6.07) is 7.14. The van der Waals surface area contributed by atoms with Crippen molar-refractivity contribution < 1.29 is 4.74 Å². The van der Waals surface area contributed by atoms with Gasteiger partial charge in [0.2, 0.25) is 0 Å². The molecule has 19 heavy (non-hydrogen) atoms. The molecule has 0 saturated heterocycles. The van der Waals surface area contributed by atoms with Gasteiger partial charge < -0.3 is 10.1 Å². The molecule has 1 unspecified atom stereocenters. The second-order valence-corrected chi connectivity index (χ2v) is 5.89. The number of hydrogen-bond donors (Lipinski definition) is 1. The van der Waals surface area contributed by atoms with Gasteiger partial charge in [0.1, 0.15) is 0 Å². The molecule has 0 spiro atoms. The summed E-state index contributed by atoms with van der Waals surface area (Å²) in [4.78, 5) is 0. The van der Waals surface area contributed by atoms with E-state index in [9.17, 15) is 0 Å². The highest BCUT2D eigenvalue weighted by Gasteiger charge is 2.20. The van der Waals surface area contributed by atoms with Crippen LogP contribution in [-0.2, 0) is 4.74 Å². The van der Waals surface area contributed by atoms with Crippen molar-refractivity contribution in [1.29, 1.82) is 0 Å². The molecule has 1 aliphatic carbocycles. The third-order valence-corrected chi connectivity index (χ3v) is 4.00. The minimum absolute atomic E-state index is 0.419. The zero-order valence-electron chi connectivity index (χ0n) is 12.5. The second kappa shape index (κ2) is 7.06. The smallest absolute Gasteiger partial charge is 0.0494 e. The molecule has 2 heteroatoms. The molecule has 1 N–H and O–H groups in total. The van der Waals surface area contributed by atoms with Gasteiger partial charge in [0.05, 0.1) is 0 Å². The molecule has 0 heterocycles. The summed E-state index contributed by atoms with van der Waals surface area (Å²) >= 11 is 0. The Kier molecular flexibility index (Phi) is 5.41. The third-order valence-electron chi connectivity index (χ3n) is 4.00. The van der Waals surface area contributed by atoms with E-state index in [4.69, 9.17) is 4.74 Å². The Morgan fingerprint density at radius 3 is 2.74 bits per heavy atom. The van der Waals surface area contributed by atoms with E-state index in [0.29, 0.717) is 6.04 Å². The Balaban J connectivity index is 1.62. The van der Waals surface area contributed by atoms with Gasteiger partial charge in [0.15, 0.2) is 0 Å². The normalized spacial score (nSPS) is 16.6. The first-order chi connectivity index (χ1) is 9.16. The molecule has 1 fully saturated rings. The van der Waals surface area contributed by atoms with Crippen LogP contribution in [0.1, 0.15) is 48.9 Å². The summed E-state index contributed by atoms with van der Waals surface area (Å²) in [7, 11) is 0. The first-order valence-electron chi connectivity index (χ1n) is 7.55. The highest BCUT2D eigenvalue weighted by Crippen LogP contribution is 2.28. The molecule has 1 saturated carbocycles. The number of ether oxygens (including phenoxy) is 1. The molecule has 1 aromatic rings. The van der Waals surface area contributed by atoms with Crippen LogP contribution in [0.3, 0.4) is 0 Å². The van der Waals surface area contributed by atoms with E-state index >= 15 is 0 Å². The minimum atomic E-state index is 0.419. The van der Waals surface area contributed by atoms with Gasteiger partial charge >= 0.3 is 0 Å². The largest absolute Gasteiger partial charge is 0.381 e. The van der Waals surface area contributed by atoms with Gasteiger partial charge in [-0.25, -0.2) is 0 Å². The summed E-state index contributed by atoms with van der Waals surface area (Å²) in [5.74, 6) is 0.877. The van der Waals surface area contributed by atoms with Gasteiger partial charge in [0.25, 0.3) is 0 Å².